The summed E-state index contributed by atoms with van der Waals surface area (Å²) in [6.07, 6.45) is 9.53. The summed E-state index contributed by atoms with van der Waals surface area (Å²) in [6, 6.07) is 0. The number of allylic oxidation sites excluding steroid dienone is 1. The summed E-state index contributed by atoms with van der Waals surface area (Å²) in [6.45, 7) is 17.0. The van der Waals surface area contributed by atoms with E-state index in [-0.39, 0.29) is 62.6 Å². The highest BCUT2D eigenvalue weighted by molar-refractivity contribution is 5.36. The van der Waals surface area contributed by atoms with Crippen LogP contribution in [0.4, 0.5) is 0 Å². The van der Waals surface area contributed by atoms with Gasteiger partial charge in [0.05, 0.1) is 30.5 Å². The van der Waals surface area contributed by atoms with Crippen LogP contribution in [0.1, 0.15) is 87.0 Å². The monoisotopic (exact) mass is 472 g/mol. The topological polar surface area (TPSA) is 69.9 Å². The van der Waals surface area contributed by atoms with Crippen molar-refractivity contribution < 1.29 is 20.1 Å². The molecule has 0 aromatic carbocycles. The standard InChI is InChI=1S/C30H48O4/c1-17-18(2)24-29(15-19(17)31)13-12-27(6)28(7)20(8-11-30(24,27)34-16-29)26(5)10-9-22(32)25(3,4)21(26)14-23(28)33/h8,11,17-24,31-33H,9-10,12-16H2,1-7H3/t17-,18-,19-,20+,21?,22-,23-,24+,26+,27-,28-,29-,30-/m0/s1. The molecule has 4 saturated carbocycles. The Morgan fingerprint density at radius 2 is 1.59 bits per heavy atom. The molecule has 0 amide bonds. The van der Waals surface area contributed by atoms with Crippen LogP contribution >= 0.6 is 0 Å². The number of rotatable bonds is 0. The fourth-order valence-electron chi connectivity index (χ4n) is 11.6. The van der Waals surface area contributed by atoms with Gasteiger partial charge in [0.25, 0.3) is 0 Å². The molecule has 34 heavy (non-hydrogen) atoms. The Balaban J connectivity index is 1.52. The maximum Gasteiger partial charge on any atom is 0.0959 e. The third-order valence-electron chi connectivity index (χ3n) is 14.0. The first-order valence-electron chi connectivity index (χ1n) is 14.1. The average molecular weight is 473 g/mol. The van der Waals surface area contributed by atoms with Gasteiger partial charge in [0.2, 0.25) is 0 Å². The number of aliphatic hydroxyl groups excluding tert-OH is 3. The second-order valence-corrected chi connectivity index (χ2v) is 15.0. The smallest absolute Gasteiger partial charge is 0.0959 e. The summed E-state index contributed by atoms with van der Waals surface area (Å²) in [7, 11) is 0. The quantitative estimate of drug-likeness (QED) is 0.436. The van der Waals surface area contributed by atoms with E-state index in [4.69, 9.17) is 4.74 Å². The van der Waals surface area contributed by atoms with Crippen molar-refractivity contribution in [2.45, 2.75) is 111 Å². The van der Waals surface area contributed by atoms with Crippen LogP contribution in [0.15, 0.2) is 12.2 Å². The van der Waals surface area contributed by atoms with Gasteiger partial charge in [0.1, 0.15) is 0 Å². The molecule has 4 nitrogen and oxygen atoms in total. The summed E-state index contributed by atoms with van der Waals surface area (Å²) in [5.74, 6) is 1.57. The molecule has 0 radical (unpaired) electrons. The van der Waals surface area contributed by atoms with Crippen molar-refractivity contribution in [3.05, 3.63) is 12.2 Å². The van der Waals surface area contributed by atoms with Gasteiger partial charge in [-0.05, 0) is 73.0 Å². The Labute approximate surface area is 206 Å². The van der Waals surface area contributed by atoms with Gasteiger partial charge in [-0.15, -0.1) is 0 Å². The van der Waals surface area contributed by atoms with Crippen molar-refractivity contribution in [3.63, 3.8) is 0 Å². The van der Waals surface area contributed by atoms with Gasteiger partial charge in [0.15, 0.2) is 0 Å². The fourth-order valence-corrected chi connectivity index (χ4v) is 11.6. The fraction of sp³-hybridized carbons (Fsp3) is 0.933. The highest BCUT2D eigenvalue weighted by atomic mass is 16.5. The third-order valence-corrected chi connectivity index (χ3v) is 14.0. The molecule has 192 valence electrons. The van der Waals surface area contributed by atoms with Gasteiger partial charge in [-0.25, -0.2) is 0 Å². The van der Waals surface area contributed by atoms with Crippen LogP contribution in [-0.4, -0.2) is 45.8 Å². The van der Waals surface area contributed by atoms with E-state index in [0.29, 0.717) is 11.8 Å². The first-order chi connectivity index (χ1) is 15.7. The van der Waals surface area contributed by atoms with Crippen molar-refractivity contribution in [3.8, 4) is 0 Å². The Morgan fingerprint density at radius 1 is 0.882 bits per heavy atom. The largest absolute Gasteiger partial charge is 0.393 e. The van der Waals surface area contributed by atoms with E-state index in [1.54, 1.807) is 0 Å². The molecule has 13 atom stereocenters. The lowest BCUT2D eigenvalue weighted by Gasteiger charge is -2.74. The average Bonchev–Trinajstić information content (AvgIpc) is 3.03. The van der Waals surface area contributed by atoms with E-state index in [1.807, 2.05) is 0 Å². The molecule has 3 N–H and O–H groups in total. The van der Waals surface area contributed by atoms with Gasteiger partial charge >= 0.3 is 0 Å². The number of hydrogen-bond donors (Lipinski definition) is 3. The van der Waals surface area contributed by atoms with Crippen LogP contribution in [0.2, 0.25) is 0 Å². The predicted octanol–water partition coefficient (Wildman–Crippen LogP) is 4.96. The zero-order valence-corrected chi connectivity index (χ0v) is 22.5. The molecule has 5 fully saturated rings. The van der Waals surface area contributed by atoms with Gasteiger partial charge in [-0.2, -0.15) is 0 Å². The van der Waals surface area contributed by atoms with Gasteiger partial charge in [0, 0.05) is 22.2 Å². The number of aliphatic hydroxyl groups is 3. The molecule has 0 aromatic heterocycles. The maximum absolute atomic E-state index is 12.1. The Hall–Kier alpha value is -0.420. The molecule has 2 bridgehead atoms. The Bertz CT molecular complexity index is 913. The number of ether oxygens (including phenoxy) is 1. The van der Waals surface area contributed by atoms with E-state index >= 15 is 0 Å². The maximum atomic E-state index is 12.1. The lowest BCUT2D eigenvalue weighted by molar-refractivity contribution is -0.281. The minimum Gasteiger partial charge on any atom is -0.393 e. The minimum atomic E-state index is -0.425. The SMILES string of the molecule is C[C@H]1[C@H](C)[C@@H](O)C[C@@]23CC[C@@]4(C)[C@]5(C)[C@@H](O)CC6C(C)(C)[C@@H](O)CC[C@]6(C)[C@H]5C=C[C@]4(OC2)[C@H]13. The van der Waals surface area contributed by atoms with E-state index < -0.39 is 6.10 Å². The Morgan fingerprint density at radius 3 is 2.29 bits per heavy atom. The molecule has 1 heterocycles. The summed E-state index contributed by atoms with van der Waals surface area (Å²) < 4.78 is 7.02. The molecule has 6 rings (SSSR count). The zero-order valence-electron chi connectivity index (χ0n) is 22.5. The van der Waals surface area contributed by atoms with E-state index in [9.17, 15) is 15.3 Å². The summed E-state index contributed by atoms with van der Waals surface area (Å²) >= 11 is 0. The third kappa shape index (κ3) is 2.33. The molecule has 5 aliphatic carbocycles. The van der Waals surface area contributed by atoms with Crippen LogP contribution in [0.5, 0.6) is 0 Å². The molecule has 6 aliphatic rings. The van der Waals surface area contributed by atoms with Crippen molar-refractivity contribution >= 4 is 0 Å². The molecule has 1 spiro atoms. The van der Waals surface area contributed by atoms with Crippen molar-refractivity contribution in [2.24, 2.45) is 56.7 Å². The zero-order chi connectivity index (χ0) is 24.7. The summed E-state index contributed by atoms with van der Waals surface area (Å²) in [5, 5.41) is 34.0. The van der Waals surface area contributed by atoms with Gasteiger partial charge in [-0.1, -0.05) is 60.6 Å². The van der Waals surface area contributed by atoms with Crippen LogP contribution in [0.25, 0.3) is 0 Å². The first-order valence-corrected chi connectivity index (χ1v) is 14.1. The second-order valence-electron chi connectivity index (χ2n) is 15.0. The molecule has 1 saturated heterocycles. The van der Waals surface area contributed by atoms with Crippen LogP contribution in [-0.2, 0) is 4.74 Å². The molecular weight excluding hydrogens is 424 g/mol. The van der Waals surface area contributed by atoms with Crippen molar-refractivity contribution in [1.29, 1.82) is 0 Å². The first kappa shape index (κ1) is 23.9. The Kier molecular flexibility index (Phi) is 4.73. The molecule has 0 aromatic rings. The molecule has 1 unspecified atom stereocenters. The van der Waals surface area contributed by atoms with Gasteiger partial charge in [-0.3, -0.25) is 0 Å². The normalized spacial score (nSPS) is 63.9. The minimum absolute atomic E-state index is 0.0483. The van der Waals surface area contributed by atoms with E-state index in [1.165, 1.54) is 0 Å². The molecular formula is C30H48O4. The molecule has 4 heteroatoms. The number of hydrogen-bond acceptors (Lipinski definition) is 4. The highest BCUT2D eigenvalue weighted by Gasteiger charge is 2.79. The van der Waals surface area contributed by atoms with Gasteiger partial charge < -0.3 is 20.1 Å². The van der Waals surface area contributed by atoms with Crippen molar-refractivity contribution in [1.82, 2.24) is 0 Å². The van der Waals surface area contributed by atoms with E-state index in [2.05, 4.69) is 60.6 Å². The van der Waals surface area contributed by atoms with Crippen molar-refractivity contribution in [2.75, 3.05) is 6.61 Å². The summed E-state index contributed by atoms with van der Waals surface area (Å²) in [4.78, 5) is 0. The van der Waals surface area contributed by atoms with E-state index in [0.717, 1.165) is 45.1 Å². The predicted molar refractivity (Wildman–Crippen MR) is 133 cm³/mol. The van der Waals surface area contributed by atoms with Crippen LogP contribution in [0, 0.1) is 56.7 Å². The lowest BCUT2D eigenvalue weighted by atomic mass is 9.31. The second kappa shape index (κ2) is 6.71. The lowest BCUT2D eigenvalue weighted by Crippen LogP contribution is -2.74. The summed E-state index contributed by atoms with van der Waals surface area (Å²) in [5.41, 5.74) is -0.935. The number of fused-ring (bicyclic) bond motifs is 4. The highest BCUT2D eigenvalue weighted by Crippen LogP contribution is 2.79. The van der Waals surface area contributed by atoms with Crippen LogP contribution < -0.4 is 0 Å². The molecule has 1 aliphatic heterocycles. The van der Waals surface area contributed by atoms with Crippen LogP contribution in [0.3, 0.4) is 0 Å².